The molecule has 0 spiro atoms. The van der Waals surface area contributed by atoms with E-state index < -0.39 is 6.04 Å². The molecule has 1 aromatic carbocycles. The summed E-state index contributed by atoms with van der Waals surface area (Å²) in [5, 5.41) is 0. The highest BCUT2D eigenvalue weighted by atomic mass is 16.1. The monoisotopic (exact) mass is 245 g/mol. The quantitative estimate of drug-likeness (QED) is 0.810. The predicted octanol–water partition coefficient (Wildman–Crippen LogP) is 3.00. The third-order valence-corrected chi connectivity index (χ3v) is 3.03. The second-order valence-electron chi connectivity index (χ2n) is 5.72. The zero-order valence-corrected chi connectivity index (χ0v) is 11.6. The number of benzene rings is 1. The molecule has 0 aromatic heterocycles. The SMILES string of the molecule is C=CCC(N)C(=O)Cc1ccc(C(C)(C)C)cc1. The largest absolute Gasteiger partial charge is 0.321 e. The molecule has 0 aliphatic heterocycles. The van der Waals surface area contributed by atoms with Crippen molar-refractivity contribution in [1.29, 1.82) is 0 Å². The molecule has 0 amide bonds. The lowest BCUT2D eigenvalue weighted by Gasteiger charge is -2.19. The van der Waals surface area contributed by atoms with Gasteiger partial charge in [-0.3, -0.25) is 4.79 Å². The topological polar surface area (TPSA) is 43.1 Å². The molecule has 1 aromatic rings. The number of carbonyl (C=O) groups excluding carboxylic acids is 1. The summed E-state index contributed by atoms with van der Waals surface area (Å²) >= 11 is 0. The maximum atomic E-state index is 11.8. The Kier molecular flexibility index (Phi) is 4.85. The lowest BCUT2D eigenvalue weighted by atomic mass is 9.86. The van der Waals surface area contributed by atoms with Crippen molar-refractivity contribution in [1.82, 2.24) is 0 Å². The molecule has 0 saturated heterocycles. The van der Waals surface area contributed by atoms with Gasteiger partial charge in [0.25, 0.3) is 0 Å². The highest BCUT2D eigenvalue weighted by Crippen LogP contribution is 2.22. The standard InChI is InChI=1S/C16H23NO/c1-5-6-14(17)15(18)11-12-7-9-13(10-8-12)16(2,3)4/h5,7-10,14H,1,6,11,17H2,2-4H3. The minimum absolute atomic E-state index is 0.0680. The van der Waals surface area contributed by atoms with Crippen molar-refractivity contribution in [3.63, 3.8) is 0 Å². The van der Waals surface area contributed by atoms with Crippen LogP contribution in [0.2, 0.25) is 0 Å². The van der Waals surface area contributed by atoms with Crippen LogP contribution in [0.3, 0.4) is 0 Å². The Bertz CT molecular complexity index is 412. The van der Waals surface area contributed by atoms with Gasteiger partial charge in [0.15, 0.2) is 5.78 Å². The van der Waals surface area contributed by atoms with Crippen molar-refractivity contribution in [2.24, 2.45) is 5.73 Å². The van der Waals surface area contributed by atoms with Crippen molar-refractivity contribution in [3.05, 3.63) is 48.0 Å². The molecule has 2 heteroatoms. The van der Waals surface area contributed by atoms with Crippen molar-refractivity contribution >= 4 is 5.78 Å². The van der Waals surface area contributed by atoms with Crippen molar-refractivity contribution < 1.29 is 4.79 Å². The average Bonchev–Trinajstić information content (AvgIpc) is 2.28. The summed E-state index contributed by atoms with van der Waals surface area (Å²) in [5.41, 5.74) is 8.19. The van der Waals surface area contributed by atoms with E-state index in [2.05, 4.69) is 39.5 Å². The van der Waals surface area contributed by atoms with Crippen LogP contribution in [0, 0.1) is 0 Å². The summed E-state index contributed by atoms with van der Waals surface area (Å²) in [6.45, 7) is 10.1. The Morgan fingerprint density at radius 2 is 1.89 bits per heavy atom. The Balaban J connectivity index is 2.70. The van der Waals surface area contributed by atoms with E-state index in [-0.39, 0.29) is 11.2 Å². The van der Waals surface area contributed by atoms with Crippen LogP contribution in [-0.4, -0.2) is 11.8 Å². The summed E-state index contributed by atoms with van der Waals surface area (Å²) in [5.74, 6) is 0.0680. The smallest absolute Gasteiger partial charge is 0.154 e. The van der Waals surface area contributed by atoms with Crippen molar-refractivity contribution in [3.8, 4) is 0 Å². The van der Waals surface area contributed by atoms with Crippen LogP contribution in [0.4, 0.5) is 0 Å². The van der Waals surface area contributed by atoms with Crippen LogP contribution in [0.5, 0.6) is 0 Å². The molecule has 18 heavy (non-hydrogen) atoms. The Morgan fingerprint density at radius 1 is 1.33 bits per heavy atom. The summed E-state index contributed by atoms with van der Waals surface area (Å²) < 4.78 is 0. The van der Waals surface area contributed by atoms with Gasteiger partial charge in [-0.15, -0.1) is 6.58 Å². The van der Waals surface area contributed by atoms with Crippen molar-refractivity contribution in [2.45, 2.75) is 45.1 Å². The molecule has 0 aliphatic carbocycles. The van der Waals surface area contributed by atoms with E-state index in [1.807, 2.05) is 12.1 Å². The van der Waals surface area contributed by atoms with Gasteiger partial charge in [-0.05, 0) is 23.0 Å². The second kappa shape index (κ2) is 5.96. The molecular weight excluding hydrogens is 222 g/mol. The fourth-order valence-corrected chi connectivity index (χ4v) is 1.77. The van der Waals surface area contributed by atoms with Crippen LogP contribution in [0.15, 0.2) is 36.9 Å². The van der Waals surface area contributed by atoms with Crippen molar-refractivity contribution in [2.75, 3.05) is 0 Å². The number of Topliss-reactive ketones (excluding diaryl/α,β-unsaturated/α-hetero) is 1. The molecular formula is C16H23NO. The molecule has 2 nitrogen and oxygen atoms in total. The minimum atomic E-state index is -0.426. The van der Waals surface area contributed by atoms with E-state index in [0.717, 1.165) is 5.56 Å². The summed E-state index contributed by atoms with van der Waals surface area (Å²) in [7, 11) is 0. The molecule has 0 bridgehead atoms. The molecule has 0 saturated carbocycles. The lowest BCUT2D eigenvalue weighted by Crippen LogP contribution is -2.31. The molecule has 0 fully saturated rings. The zero-order chi connectivity index (χ0) is 13.8. The number of nitrogens with two attached hydrogens (primary N) is 1. The van der Waals surface area contributed by atoms with Crippen LogP contribution in [0.1, 0.15) is 38.3 Å². The average molecular weight is 245 g/mol. The number of hydrogen-bond donors (Lipinski definition) is 1. The molecule has 1 atom stereocenters. The predicted molar refractivity (Wildman–Crippen MR) is 76.6 cm³/mol. The molecule has 0 heterocycles. The first-order chi connectivity index (χ1) is 8.34. The molecule has 1 unspecified atom stereocenters. The first-order valence-corrected chi connectivity index (χ1v) is 6.33. The number of rotatable bonds is 5. The number of ketones is 1. The first-order valence-electron chi connectivity index (χ1n) is 6.33. The number of carbonyl (C=O) groups is 1. The zero-order valence-electron chi connectivity index (χ0n) is 11.6. The maximum Gasteiger partial charge on any atom is 0.154 e. The summed E-state index contributed by atoms with van der Waals surface area (Å²) in [6.07, 6.45) is 2.63. The van der Waals surface area contributed by atoms with E-state index in [1.165, 1.54) is 5.56 Å². The van der Waals surface area contributed by atoms with Crippen LogP contribution >= 0.6 is 0 Å². The Labute approximate surface area is 110 Å². The molecule has 2 N–H and O–H groups in total. The second-order valence-corrected chi connectivity index (χ2v) is 5.72. The van der Waals surface area contributed by atoms with Gasteiger partial charge in [0.1, 0.15) is 0 Å². The third kappa shape index (κ3) is 4.11. The van der Waals surface area contributed by atoms with Gasteiger partial charge in [0, 0.05) is 6.42 Å². The van der Waals surface area contributed by atoms with E-state index in [4.69, 9.17) is 5.73 Å². The highest BCUT2D eigenvalue weighted by molar-refractivity contribution is 5.86. The van der Waals surface area contributed by atoms with Crippen LogP contribution in [-0.2, 0) is 16.6 Å². The molecule has 0 radical (unpaired) electrons. The van der Waals surface area contributed by atoms with Crippen LogP contribution in [0.25, 0.3) is 0 Å². The van der Waals surface area contributed by atoms with E-state index in [9.17, 15) is 4.79 Å². The Morgan fingerprint density at radius 3 is 2.33 bits per heavy atom. The van der Waals surface area contributed by atoms with Crippen LogP contribution < -0.4 is 5.73 Å². The van der Waals surface area contributed by atoms with Gasteiger partial charge in [0.2, 0.25) is 0 Å². The fourth-order valence-electron chi connectivity index (χ4n) is 1.77. The van der Waals surface area contributed by atoms with E-state index >= 15 is 0 Å². The first kappa shape index (κ1) is 14.7. The van der Waals surface area contributed by atoms with E-state index in [0.29, 0.717) is 12.8 Å². The third-order valence-electron chi connectivity index (χ3n) is 3.03. The minimum Gasteiger partial charge on any atom is -0.321 e. The highest BCUT2D eigenvalue weighted by Gasteiger charge is 2.15. The maximum absolute atomic E-state index is 11.8. The number of hydrogen-bond acceptors (Lipinski definition) is 2. The molecule has 98 valence electrons. The summed E-state index contributed by atoms with van der Waals surface area (Å²) in [4.78, 5) is 11.8. The molecule has 0 aliphatic rings. The lowest BCUT2D eigenvalue weighted by molar-refractivity contribution is -0.119. The van der Waals surface area contributed by atoms with Gasteiger partial charge in [-0.25, -0.2) is 0 Å². The fraction of sp³-hybridized carbons (Fsp3) is 0.438. The van der Waals surface area contributed by atoms with Gasteiger partial charge in [-0.1, -0.05) is 51.1 Å². The van der Waals surface area contributed by atoms with Gasteiger partial charge >= 0.3 is 0 Å². The van der Waals surface area contributed by atoms with Gasteiger partial charge < -0.3 is 5.73 Å². The van der Waals surface area contributed by atoms with Gasteiger partial charge in [0.05, 0.1) is 6.04 Å². The van der Waals surface area contributed by atoms with E-state index in [1.54, 1.807) is 6.08 Å². The summed E-state index contributed by atoms with van der Waals surface area (Å²) in [6, 6.07) is 7.77. The normalized spacial score (nSPS) is 13.1. The van der Waals surface area contributed by atoms with Gasteiger partial charge in [-0.2, -0.15) is 0 Å². The Hall–Kier alpha value is -1.41. The molecule has 1 rings (SSSR count).